The van der Waals surface area contributed by atoms with Gasteiger partial charge in [-0.15, -0.1) is 0 Å². The summed E-state index contributed by atoms with van der Waals surface area (Å²) in [4.78, 5) is 11.6. The van der Waals surface area contributed by atoms with Crippen LogP contribution in [-0.4, -0.2) is 26.2 Å². The lowest BCUT2D eigenvalue weighted by molar-refractivity contribution is -0.121. The monoisotopic (exact) mass is 249 g/mol. The van der Waals surface area contributed by atoms with Crippen LogP contribution >= 0.6 is 0 Å². The zero-order valence-electron chi connectivity index (χ0n) is 10.9. The molecule has 1 fully saturated rings. The number of aryl methyl sites for hydroxylation is 1. The first-order chi connectivity index (χ1) is 8.72. The molecule has 1 aliphatic rings. The Kier molecular flexibility index (Phi) is 4.07. The largest absolute Gasteiger partial charge is 0.493 e. The van der Waals surface area contributed by atoms with Crippen LogP contribution in [0.25, 0.3) is 0 Å². The van der Waals surface area contributed by atoms with E-state index < -0.39 is 0 Å². The van der Waals surface area contributed by atoms with Crippen LogP contribution < -0.4 is 14.8 Å². The second kappa shape index (κ2) is 5.76. The van der Waals surface area contributed by atoms with Gasteiger partial charge >= 0.3 is 0 Å². The quantitative estimate of drug-likeness (QED) is 0.837. The Morgan fingerprint density at radius 2 is 2.00 bits per heavy atom. The van der Waals surface area contributed by atoms with Gasteiger partial charge in [0.25, 0.3) is 0 Å². The lowest BCUT2D eigenvalue weighted by atomic mass is 10.1. The topological polar surface area (TPSA) is 47.6 Å². The molecular weight excluding hydrogens is 230 g/mol. The Labute approximate surface area is 107 Å². The highest BCUT2D eigenvalue weighted by atomic mass is 16.5. The first-order valence-corrected chi connectivity index (χ1v) is 6.23. The number of hydrogen-bond acceptors (Lipinski definition) is 3. The van der Waals surface area contributed by atoms with Crippen LogP contribution in [0, 0.1) is 0 Å². The molecule has 0 bridgehead atoms. The van der Waals surface area contributed by atoms with Crippen LogP contribution in [-0.2, 0) is 11.2 Å². The van der Waals surface area contributed by atoms with Crippen molar-refractivity contribution in [3.63, 3.8) is 0 Å². The highest BCUT2D eigenvalue weighted by Crippen LogP contribution is 2.28. The summed E-state index contributed by atoms with van der Waals surface area (Å²) in [7, 11) is 3.22. The van der Waals surface area contributed by atoms with Crippen molar-refractivity contribution in [2.45, 2.75) is 31.7 Å². The van der Waals surface area contributed by atoms with Crippen molar-refractivity contribution in [1.82, 2.24) is 5.32 Å². The lowest BCUT2D eigenvalue weighted by Crippen LogP contribution is -2.25. The van der Waals surface area contributed by atoms with Gasteiger partial charge in [0.1, 0.15) is 0 Å². The molecular formula is C14H19NO3. The van der Waals surface area contributed by atoms with Gasteiger partial charge < -0.3 is 14.8 Å². The van der Waals surface area contributed by atoms with Gasteiger partial charge in [-0.2, -0.15) is 0 Å². The van der Waals surface area contributed by atoms with Crippen LogP contribution in [0.15, 0.2) is 18.2 Å². The smallest absolute Gasteiger partial charge is 0.220 e. The van der Waals surface area contributed by atoms with Gasteiger partial charge in [0.05, 0.1) is 14.2 Å². The molecule has 1 saturated carbocycles. The Morgan fingerprint density at radius 1 is 1.28 bits per heavy atom. The SMILES string of the molecule is COc1ccc(CCC(=O)NC2CC2)cc1OC. The van der Waals surface area contributed by atoms with Gasteiger partial charge in [-0.3, -0.25) is 4.79 Å². The summed E-state index contributed by atoms with van der Waals surface area (Å²) in [5.74, 6) is 1.55. The van der Waals surface area contributed by atoms with E-state index in [-0.39, 0.29) is 5.91 Å². The molecule has 98 valence electrons. The number of nitrogens with one attached hydrogen (secondary N) is 1. The van der Waals surface area contributed by atoms with Gasteiger partial charge in [-0.1, -0.05) is 6.07 Å². The minimum absolute atomic E-state index is 0.132. The third-order valence-electron chi connectivity index (χ3n) is 3.03. The maximum Gasteiger partial charge on any atom is 0.220 e. The number of methoxy groups -OCH3 is 2. The molecule has 0 spiro atoms. The predicted octanol–water partition coefficient (Wildman–Crippen LogP) is 1.91. The lowest BCUT2D eigenvalue weighted by Gasteiger charge is -2.09. The summed E-state index contributed by atoms with van der Waals surface area (Å²) in [6, 6.07) is 6.19. The molecule has 0 saturated heterocycles. The summed E-state index contributed by atoms with van der Waals surface area (Å²) in [6.07, 6.45) is 3.50. The van der Waals surface area contributed by atoms with E-state index in [2.05, 4.69) is 5.32 Å². The van der Waals surface area contributed by atoms with Crippen molar-refractivity contribution in [2.24, 2.45) is 0 Å². The third-order valence-corrected chi connectivity index (χ3v) is 3.03. The molecule has 0 unspecified atom stereocenters. The number of carbonyl (C=O) groups is 1. The van der Waals surface area contributed by atoms with E-state index in [1.165, 1.54) is 0 Å². The molecule has 4 nitrogen and oxygen atoms in total. The van der Waals surface area contributed by atoms with E-state index in [1.54, 1.807) is 14.2 Å². The summed E-state index contributed by atoms with van der Waals surface area (Å²) < 4.78 is 10.4. The van der Waals surface area contributed by atoms with Crippen LogP contribution in [0.1, 0.15) is 24.8 Å². The number of rotatable bonds is 6. The van der Waals surface area contributed by atoms with Crippen LogP contribution in [0.4, 0.5) is 0 Å². The average Bonchev–Trinajstić information content (AvgIpc) is 3.19. The Bertz CT molecular complexity index is 427. The minimum Gasteiger partial charge on any atom is -0.493 e. The van der Waals surface area contributed by atoms with E-state index in [0.717, 1.165) is 24.8 Å². The summed E-state index contributed by atoms with van der Waals surface area (Å²) in [6.45, 7) is 0. The molecule has 1 N–H and O–H groups in total. The van der Waals surface area contributed by atoms with Crippen LogP contribution in [0.5, 0.6) is 11.5 Å². The molecule has 1 aromatic carbocycles. The standard InChI is InChI=1S/C14H19NO3/c1-17-12-7-3-10(9-13(12)18-2)4-8-14(16)15-11-5-6-11/h3,7,9,11H,4-6,8H2,1-2H3,(H,15,16). The number of hydrogen-bond donors (Lipinski definition) is 1. The predicted molar refractivity (Wildman–Crippen MR) is 69.0 cm³/mol. The third kappa shape index (κ3) is 3.39. The molecule has 1 amide bonds. The van der Waals surface area contributed by atoms with Gasteiger partial charge in [-0.25, -0.2) is 0 Å². The van der Waals surface area contributed by atoms with E-state index in [9.17, 15) is 4.79 Å². The fourth-order valence-corrected chi connectivity index (χ4v) is 1.82. The van der Waals surface area contributed by atoms with E-state index in [4.69, 9.17) is 9.47 Å². The minimum atomic E-state index is 0.132. The van der Waals surface area contributed by atoms with Gasteiger partial charge in [-0.05, 0) is 37.0 Å². The number of ether oxygens (including phenoxy) is 2. The average molecular weight is 249 g/mol. The van der Waals surface area contributed by atoms with Crippen molar-refractivity contribution in [3.05, 3.63) is 23.8 Å². The molecule has 0 aromatic heterocycles. The molecule has 0 atom stereocenters. The van der Waals surface area contributed by atoms with E-state index >= 15 is 0 Å². The van der Waals surface area contributed by atoms with Crippen LogP contribution in [0.2, 0.25) is 0 Å². The van der Waals surface area contributed by atoms with Crippen molar-refractivity contribution in [1.29, 1.82) is 0 Å². The molecule has 18 heavy (non-hydrogen) atoms. The molecule has 0 radical (unpaired) electrons. The Balaban J connectivity index is 1.89. The molecule has 2 rings (SSSR count). The van der Waals surface area contributed by atoms with Crippen molar-refractivity contribution in [2.75, 3.05) is 14.2 Å². The van der Waals surface area contributed by atoms with Gasteiger partial charge in [0.2, 0.25) is 5.91 Å². The molecule has 1 aromatic rings. The summed E-state index contributed by atoms with van der Waals surface area (Å²) >= 11 is 0. The van der Waals surface area contributed by atoms with Gasteiger partial charge in [0, 0.05) is 12.5 Å². The number of benzene rings is 1. The van der Waals surface area contributed by atoms with Crippen molar-refractivity contribution < 1.29 is 14.3 Å². The van der Waals surface area contributed by atoms with Crippen molar-refractivity contribution in [3.8, 4) is 11.5 Å². The highest BCUT2D eigenvalue weighted by molar-refractivity contribution is 5.76. The number of carbonyl (C=O) groups excluding carboxylic acids is 1. The fourth-order valence-electron chi connectivity index (χ4n) is 1.82. The number of amides is 1. The molecule has 1 aliphatic carbocycles. The van der Waals surface area contributed by atoms with Crippen LogP contribution in [0.3, 0.4) is 0 Å². The molecule has 0 heterocycles. The Morgan fingerprint density at radius 3 is 2.61 bits per heavy atom. The first kappa shape index (κ1) is 12.7. The Hall–Kier alpha value is -1.71. The maximum atomic E-state index is 11.6. The summed E-state index contributed by atoms with van der Waals surface area (Å²) in [5.41, 5.74) is 1.08. The first-order valence-electron chi connectivity index (χ1n) is 6.23. The van der Waals surface area contributed by atoms with E-state index in [0.29, 0.717) is 24.0 Å². The van der Waals surface area contributed by atoms with Crippen molar-refractivity contribution >= 4 is 5.91 Å². The van der Waals surface area contributed by atoms with E-state index in [1.807, 2.05) is 18.2 Å². The zero-order valence-corrected chi connectivity index (χ0v) is 10.9. The zero-order chi connectivity index (χ0) is 13.0. The van der Waals surface area contributed by atoms with Gasteiger partial charge in [0.15, 0.2) is 11.5 Å². The highest BCUT2D eigenvalue weighted by Gasteiger charge is 2.22. The maximum absolute atomic E-state index is 11.6. The second-order valence-electron chi connectivity index (χ2n) is 4.53. The fraction of sp³-hybridized carbons (Fsp3) is 0.500. The normalized spacial score (nSPS) is 14.1. The second-order valence-corrected chi connectivity index (χ2v) is 4.53. The molecule has 0 aliphatic heterocycles. The summed E-state index contributed by atoms with van der Waals surface area (Å²) in [5, 5.41) is 2.98. The molecule has 4 heteroatoms.